The molecule has 0 spiro atoms. The summed E-state index contributed by atoms with van der Waals surface area (Å²) in [5.41, 5.74) is 6.07. The van der Waals surface area contributed by atoms with E-state index < -0.39 is 0 Å². The molecule has 7 heteroatoms. The molecule has 3 aromatic rings. The van der Waals surface area contributed by atoms with Gasteiger partial charge in [0.25, 0.3) is 0 Å². The minimum atomic E-state index is -0.203. The second-order valence-electron chi connectivity index (χ2n) is 11.2. The minimum absolute atomic E-state index is 0.0982. The maximum atomic E-state index is 12.5. The van der Waals surface area contributed by atoms with Crippen LogP contribution in [-0.2, 0) is 28.9 Å². The Kier molecular flexibility index (Phi) is 7.98. The molecule has 40 heavy (non-hydrogen) atoms. The van der Waals surface area contributed by atoms with Crippen LogP contribution in [0.1, 0.15) is 72.4 Å². The summed E-state index contributed by atoms with van der Waals surface area (Å²) in [5.74, 6) is 2.01. The molecule has 3 aliphatic rings. The Bertz CT molecular complexity index is 1390. The largest absolute Gasteiger partial charge is 0.493 e. The molecule has 3 aromatic carbocycles. The number of hydrogen-bond acceptors (Lipinski definition) is 5. The van der Waals surface area contributed by atoms with Crippen molar-refractivity contribution in [3.05, 3.63) is 92.5 Å². The number of carbonyl (C=O) groups is 1. The van der Waals surface area contributed by atoms with Crippen molar-refractivity contribution < 1.29 is 19.0 Å². The fourth-order valence-corrected chi connectivity index (χ4v) is 6.48. The molecule has 6 rings (SSSR count). The number of fused-ring (bicyclic) bond motifs is 2. The van der Waals surface area contributed by atoms with E-state index in [0.717, 1.165) is 55.7 Å². The molecule has 3 atom stereocenters. The lowest BCUT2D eigenvalue weighted by Gasteiger charge is -2.35. The quantitative estimate of drug-likeness (QED) is 0.268. The van der Waals surface area contributed by atoms with Crippen molar-refractivity contribution in [3.8, 4) is 11.5 Å². The van der Waals surface area contributed by atoms with Crippen molar-refractivity contribution in [2.45, 2.75) is 76.1 Å². The number of ether oxygens (including phenoxy) is 3. The topological polar surface area (TPSA) is 48.0 Å². The number of carbonyl (C=O) groups excluding carboxylic acids is 1. The Hall–Kier alpha value is -2.73. The first-order chi connectivity index (χ1) is 19.4. The Morgan fingerprint density at radius 1 is 0.975 bits per heavy atom. The zero-order valence-electron chi connectivity index (χ0n) is 23.0. The molecule has 0 unspecified atom stereocenters. The first-order valence-corrected chi connectivity index (χ1v) is 15.0. The third-order valence-electron chi connectivity index (χ3n) is 8.54. The average molecular weight is 581 g/mol. The highest BCUT2D eigenvalue weighted by Crippen LogP contribution is 2.40. The van der Waals surface area contributed by atoms with Gasteiger partial charge >= 0.3 is 5.97 Å². The van der Waals surface area contributed by atoms with Crippen LogP contribution in [0.5, 0.6) is 11.5 Å². The summed E-state index contributed by atoms with van der Waals surface area (Å²) in [4.78, 5) is 14.9. The van der Waals surface area contributed by atoms with Crippen LogP contribution in [0.3, 0.4) is 0 Å². The predicted octanol–water partition coefficient (Wildman–Crippen LogP) is 7.69. The smallest absolute Gasteiger partial charge is 0.323 e. The van der Waals surface area contributed by atoms with Gasteiger partial charge in [0.05, 0.1) is 23.8 Å². The van der Waals surface area contributed by atoms with Crippen molar-refractivity contribution in [1.29, 1.82) is 0 Å². The zero-order chi connectivity index (χ0) is 27.8. The monoisotopic (exact) mass is 579 g/mol. The lowest BCUT2D eigenvalue weighted by atomic mass is 9.86. The molecule has 2 heterocycles. The van der Waals surface area contributed by atoms with Crippen molar-refractivity contribution in [1.82, 2.24) is 4.90 Å². The number of esters is 1. The second kappa shape index (κ2) is 11.6. The van der Waals surface area contributed by atoms with Crippen molar-refractivity contribution in [2.75, 3.05) is 13.7 Å². The number of hydrogen-bond donors (Lipinski definition) is 0. The molecular weight excluding hydrogens is 545 g/mol. The van der Waals surface area contributed by atoms with E-state index in [4.69, 9.17) is 37.4 Å². The van der Waals surface area contributed by atoms with Crippen LogP contribution >= 0.6 is 23.2 Å². The van der Waals surface area contributed by atoms with Crippen LogP contribution in [0, 0.1) is 0 Å². The van der Waals surface area contributed by atoms with Crippen molar-refractivity contribution in [3.63, 3.8) is 0 Å². The zero-order valence-corrected chi connectivity index (χ0v) is 24.5. The second-order valence-corrected chi connectivity index (χ2v) is 12.0. The lowest BCUT2D eigenvalue weighted by molar-refractivity contribution is -0.148. The summed E-state index contributed by atoms with van der Waals surface area (Å²) in [6, 6.07) is 19.0. The average Bonchev–Trinajstić information content (AvgIpc) is 3.83. The molecule has 0 saturated heterocycles. The van der Waals surface area contributed by atoms with Crippen molar-refractivity contribution in [2.24, 2.45) is 0 Å². The number of methoxy groups -OCH3 is 1. The molecule has 1 aliphatic carbocycles. The minimum Gasteiger partial charge on any atom is -0.493 e. The molecule has 0 amide bonds. The van der Waals surface area contributed by atoms with E-state index in [9.17, 15) is 4.79 Å². The maximum Gasteiger partial charge on any atom is 0.323 e. The Morgan fingerprint density at radius 2 is 1.77 bits per heavy atom. The molecule has 2 aliphatic heterocycles. The molecule has 210 valence electrons. The molecule has 1 fully saturated rings. The van der Waals surface area contributed by atoms with E-state index in [2.05, 4.69) is 48.2 Å². The number of halogens is 2. The molecule has 1 saturated carbocycles. The third kappa shape index (κ3) is 5.70. The highest BCUT2D eigenvalue weighted by Gasteiger charge is 2.41. The van der Waals surface area contributed by atoms with E-state index in [1.54, 1.807) is 0 Å². The summed E-state index contributed by atoms with van der Waals surface area (Å²) in [6.07, 6.45) is 5.59. The van der Waals surface area contributed by atoms with E-state index in [-0.39, 0.29) is 18.1 Å². The third-order valence-corrected chi connectivity index (χ3v) is 9.28. The number of benzene rings is 3. The molecular formula is C33H35Cl2NO4. The summed E-state index contributed by atoms with van der Waals surface area (Å²) in [6.45, 7) is 3.56. The standard InChI is InChI=1S/C33H35Cl2NO4/c1-3-31(22-6-11-28(34)29(35)16-22)40-27-9-4-20(5-10-27)21-12-13-39-32-18-23-17-30(33(37)38-2)36(26-7-8-26)19-25(23)15-24(32)14-21/h4-6,9-11,15-16,18,21,26,30-31H,3,7-8,12-14,17,19H2,1-2H3/t21-,30+,31-/m1/s1. The molecule has 0 N–H and O–H groups in total. The van der Waals surface area contributed by atoms with Crippen LogP contribution < -0.4 is 9.47 Å². The Balaban J connectivity index is 1.18. The molecule has 5 nitrogen and oxygen atoms in total. The number of rotatable bonds is 7. The van der Waals surface area contributed by atoms with Gasteiger partial charge in [-0.25, -0.2) is 0 Å². The number of nitrogens with zero attached hydrogens (tertiary/aromatic N) is 1. The van der Waals surface area contributed by atoms with Gasteiger partial charge in [0, 0.05) is 12.6 Å². The van der Waals surface area contributed by atoms with Gasteiger partial charge in [-0.1, -0.05) is 54.4 Å². The molecule has 0 aromatic heterocycles. The Morgan fingerprint density at radius 3 is 2.48 bits per heavy atom. The van der Waals surface area contributed by atoms with Gasteiger partial charge in [-0.05, 0) is 103 Å². The van der Waals surface area contributed by atoms with E-state index >= 15 is 0 Å². The van der Waals surface area contributed by atoms with Gasteiger partial charge in [-0.2, -0.15) is 0 Å². The highest BCUT2D eigenvalue weighted by molar-refractivity contribution is 6.42. The fourth-order valence-electron chi connectivity index (χ4n) is 6.17. The highest BCUT2D eigenvalue weighted by atomic mass is 35.5. The molecule has 0 bridgehead atoms. The molecule has 0 radical (unpaired) electrons. The van der Waals surface area contributed by atoms with Crippen LogP contribution in [0.15, 0.2) is 54.6 Å². The Labute approximate surface area is 246 Å². The van der Waals surface area contributed by atoms with Gasteiger partial charge in [0.2, 0.25) is 0 Å². The van der Waals surface area contributed by atoms with Gasteiger partial charge in [0.1, 0.15) is 23.6 Å². The first-order valence-electron chi connectivity index (χ1n) is 14.3. The SMILES string of the molecule is CC[C@@H](Oc1ccc([C@@H]2CCOc3cc4c(cc3C2)CN(C2CC2)[C@H](C(=O)OC)C4)cc1)c1ccc(Cl)c(Cl)c1. The maximum absolute atomic E-state index is 12.5. The normalized spacial score (nSPS) is 21.4. The van der Waals surface area contributed by atoms with E-state index in [0.29, 0.717) is 35.0 Å². The van der Waals surface area contributed by atoms with Gasteiger partial charge < -0.3 is 14.2 Å². The van der Waals surface area contributed by atoms with Crippen LogP contribution in [0.25, 0.3) is 0 Å². The van der Waals surface area contributed by atoms with E-state index in [1.165, 1.54) is 29.4 Å². The predicted molar refractivity (Wildman–Crippen MR) is 158 cm³/mol. The fraction of sp³-hybridized carbons (Fsp3) is 0.424. The summed E-state index contributed by atoms with van der Waals surface area (Å²) < 4.78 is 17.7. The lowest BCUT2D eigenvalue weighted by Crippen LogP contribution is -2.47. The summed E-state index contributed by atoms with van der Waals surface area (Å²) in [7, 11) is 1.49. The van der Waals surface area contributed by atoms with Crippen molar-refractivity contribution >= 4 is 29.2 Å². The van der Waals surface area contributed by atoms with Gasteiger partial charge in [-0.3, -0.25) is 9.69 Å². The van der Waals surface area contributed by atoms with Crippen LogP contribution in [-0.4, -0.2) is 36.7 Å². The van der Waals surface area contributed by atoms with E-state index in [1.807, 2.05) is 18.2 Å². The summed E-state index contributed by atoms with van der Waals surface area (Å²) in [5, 5.41) is 1.09. The van der Waals surface area contributed by atoms with Crippen LogP contribution in [0.2, 0.25) is 10.0 Å². The van der Waals surface area contributed by atoms with Gasteiger partial charge in [0.15, 0.2) is 0 Å². The summed E-state index contributed by atoms with van der Waals surface area (Å²) >= 11 is 12.3. The first kappa shape index (κ1) is 27.4. The van der Waals surface area contributed by atoms with Crippen LogP contribution in [0.4, 0.5) is 0 Å². The van der Waals surface area contributed by atoms with Gasteiger partial charge in [-0.15, -0.1) is 0 Å².